The van der Waals surface area contributed by atoms with Crippen molar-refractivity contribution in [2.24, 2.45) is 0 Å². The molecule has 1 aliphatic rings. The highest BCUT2D eigenvalue weighted by molar-refractivity contribution is 7.91. The lowest BCUT2D eigenvalue weighted by molar-refractivity contribution is 0.107. The van der Waals surface area contributed by atoms with Gasteiger partial charge in [0.2, 0.25) is 0 Å². The monoisotopic (exact) mass is 249 g/mol. The van der Waals surface area contributed by atoms with E-state index < -0.39 is 9.84 Å². The molecule has 0 bridgehead atoms. The van der Waals surface area contributed by atoms with Crippen LogP contribution in [0.25, 0.3) is 0 Å². The van der Waals surface area contributed by atoms with Crippen molar-refractivity contribution in [3.63, 3.8) is 0 Å². The molecular weight excluding hydrogens is 226 g/mol. The molecule has 5 heteroatoms. The van der Waals surface area contributed by atoms with Crippen molar-refractivity contribution in [3.8, 4) is 0 Å². The van der Waals surface area contributed by atoms with Gasteiger partial charge in [-0.15, -0.1) is 0 Å². The summed E-state index contributed by atoms with van der Waals surface area (Å²) in [7, 11) is -1.04. The van der Waals surface area contributed by atoms with Gasteiger partial charge in [-0.3, -0.25) is 0 Å². The summed E-state index contributed by atoms with van der Waals surface area (Å²) in [5.74, 6) is 0.555. The topological polar surface area (TPSA) is 55.4 Å². The molecule has 0 aromatic heterocycles. The van der Waals surface area contributed by atoms with Crippen LogP contribution in [0.4, 0.5) is 0 Å². The number of hydrogen-bond acceptors (Lipinski definition) is 4. The molecule has 0 aromatic carbocycles. The summed E-state index contributed by atoms with van der Waals surface area (Å²) in [6, 6.07) is 0.509. The second-order valence-corrected chi connectivity index (χ2v) is 6.88. The minimum atomic E-state index is -2.80. The maximum Gasteiger partial charge on any atom is 0.150 e. The van der Waals surface area contributed by atoms with Crippen molar-refractivity contribution in [1.82, 2.24) is 5.32 Å². The average molecular weight is 249 g/mol. The molecule has 16 heavy (non-hydrogen) atoms. The zero-order valence-electron chi connectivity index (χ0n) is 10.2. The van der Waals surface area contributed by atoms with Crippen molar-refractivity contribution in [2.45, 2.75) is 44.8 Å². The largest absolute Gasteiger partial charge is 0.381 e. The maximum absolute atomic E-state index is 11.2. The normalized spacial score (nSPS) is 26.1. The zero-order valence-corrected chi connectivity index (χ0v) is 11.1. The van der Waals surface area contributed by atoms with E-state index in [0.717, 1.165) is 25.8 Å². The van der Waals surface area contributed by atoms with Crippen LogP contribution in [0.15, 0.2) is 0 Å². The van der Waals surface area contributed by atoms with E-state index in [1.165, 1.54) is 0 Å². The Balaban J connectivity index is 2.08. The molecule has 2 unspecified atom stereocenters. The van der Waals surface area contributed by atoms with Crippen LogP contribution in [-0.2, 0) is 14.6 Å². The van der Waals surface area contributed by atoms with Gasteiger partial charge in [-0.1, -0.05) is 6.92 Å². The van der Waals surface area contributed by atoms with Gasteiger partial charge in [-0.25, -0.2) is 8.42 Å². The first-order valence-corrected chi connectivity index (χ1v) is 7.86. The highest BCUT2D eigenvalue weighted by atomic mass is 32.2. The zero-order chi connectivity index (χ0) is 12.0. The van der Waals surface area contributed by atoms with Gasteiger partial charge >= 0.3 is 0 Å². The Morgan fingerprint density at radius 2 is 2.12 bits per heavy atom. The first-order valence-electron chi connectivity index (χ1n) is 6.04. The Bertz CT molecular complexity index is 290. The van der Waals surface area contributed by atoms with E-state index in [4.69, 9.17) is 4.74 Å². The van der Waals surface area contributed by atoms with E-state index in [9.17, 15) is 8.42 Å². The molecule has 0 aliphatic heterocycles. The minimum absolute atomic E-state index is 0.252. The Hall–Kier alpha value is -0.130. The van der Waals surface area contributed by atoms with Gasteiger partial charge in [0.25, 0.3) is 0 Å². The Morgan fingerprint density at radius 1 is 1.38 bits per heavy atom. The van der Waals surface area contributed by atoms with Crippen LogP contribution < -0.4 is 5.32 Å². The van der Waals surface area contributed by atoms with Crippen LogP contribution in [-0.4, -0.2) is 45.7 Å². The fourth-order valence-corrected chi connectivity index (χ4v) is 2.96. The molecule has 4 nitrogen and oxygen atoms in total. The van der Waals surface area contributed by atoms with Gasteiger partial charge in [0.1, 0.15) is 9.84 Å². The number of methoxy groups -OCH3 is 1. The van der Waals surface area contributed by atoms with E-state index >= 15 is 0 Å². The summed E-state index contributed by atoms with van der Waals surface area (Å²) in [4.78, 5) is 0. The molecule has 1 rings (SSSR count). The smallest absolute Gasteiger partial charge is 0.150 e. The van der Waals surface area contributed by atoms with Crippen LogP contribution in [0, 0.1) is 0 Å². The van der Waals surface area contributed by atoms with E-state index in [1.807, 2.05) is 0 Å². The van der Waals surface area contributed by atoms with Crippen molar-refractivity contribution < 1.29 is 13.2 Å². The Kier molecular flexibility index (Phi) is 5.72. The molecule has 2 atom stereocenters. The number of nitrogens with one attached hydrogen (secondary N) is 1. The molecule has 96 valence electrons. The number of sulfone groups is 1. The first-order chi connectivity index (χ1) is 7.57. The quantitative estimate of drug-likeness (QED) is 0.683. The lowest BCUT2D eigenvalue weighted by Gasteiger charge is -2.12. The van der Waals surface area contributed by atoms with Crippen molar-refractivity contribution in [2.75, 3.05) is 25.2 Å². The molecule has 0 spiro atoms. The molecule has 1 N–H and O–H groups in total. The van der Waals surface area contributed by atoms with Crippen molar-refractivity contribution >= 4 is 9.84 Å². The second kappa shape index (κ2) is 6.57. The van der Waals surface area contributed by atoms with Crippen LogP contribution >= 0.6 is 0 Å². The third-order valence-electron chi connectivity index (χ3n) is 3.22. The SMILES string of the molecule is CCS(=O)(=O)CCCNC1CCC(OC)C1. The molecule has 0 heterocycles. The van der Waals surface area contributed by atoms with E-state index in [2.05, 4.69) is 5.32 Å². The Labute approximate surface area is 98.7 Å². The second-order valence-electron chi connectivity index (χ2n) is 4.41. The molecule has 0 radical (unpaired) electrons. The van der Waals surface area contributed by atoms with Gasteiger partial charge in [0.15, 0.2) is 0 Å². The van der Waals surface area contributed by atoms with Crippen molar-refractivity contribution in [3.05, 3.63) is 0 Å². The molecule has 0 saturated heterocycles. The van der Waals surface area contributed by atoms with Crippen molar-refractivity contribution in [1.29, 1.82) is 0 Å². The molecule has 0 aromatic rings. The maximum atomic E-state index is 11.2. The predicted octanol–water partition coefficient (Wildman–Crippen LogP) is 0.968. The Morgan fingerprint density at radius 3 is 2.69 bits per heavy atom. The summed E-state index contributed by atoms with van der Waals surface area (Å²) in [6.07, 6.45) is 4.40. The predicted molar refractivity (Wildman–Crippen MR) is 65.4 cm³/mol. The minimum Gasteiger partial charge on any atom is -0.381 e. The van der Waals surface area contributed by atoms with E-state index in [0.29, 0.717) is 24.3 Å². The number of hydrogen-bond donors (Lipinski definition) is 1. The molecule has 1 aliphatic carbocycles. The van der Waals surface area contributed by atoms with Gasteiger partial charge in [0.05, 0.1) is 11.9 Å². The third-order valence-corrected chi connectivity index (χ3v) is 5.01. The van der Waals surface area contributed by atoms with Crippen LogP contribution in [0.2, 0.25) is 0 Å². The van der Waals surface area contributed by atoms with E-state index in [1.54, 1.807) is 14.0 Å². The standard InChI is InChI=1S/C11H23NO3S/c1-3-16(13,14)8-4-7-12-10-5-6-11(9-10)15-2/h10-12H,3-9H2,1-2H3. The summed E-state index contributed by atoms with van der Waals surface area (Å²) in [5.41, 5.74) is 0. The summed E-state index contributed by atoms with van der Waals surface area (Å²) < 4.78 is 27.8. The van der Waals surface area contributed by atoms with Gasteiger partial charge in [0, 0.05) is 18.9 Å². The highest BCUT2D eigenvalue weighted by Crippen LogP contribution is 2.21. The highest BCUT2D eigenvalue weighted by Gasteiger charge is 2.23. The molecular formula is C11H23NO3S. The van der Waals surface area contributed by atoms with Crippen LogP contribution in [0.3, 0.4) is 0 Å². The molecule has 1 fully saturated rings. The third kappa shape index (κ3) is 4.80. The van der Waals surface area contributed by atoms with E-state index in [-0.39, 0.29) is 5.75 Å². The van der Waals surface area contributed by atoms with Gasteiger partial charge in [-0.2, -0.15) is 0 Å². The fraction of sp³-hybridized carbons (Fsp3) is 1.00. The van der Waals surface area contributed by atoms with Gasteiger partial charge in [-0.05, 0) is 32.2 Å². The average Bonchev–Trinajstić information content (AvgIpc) is 2.72. The summed E-state index contributed by atoms with van der Waals surface area (Å²) in [5, 5.41) is 3.40. The fourth-order valence-electron chi connectivity index (χ4n) is 2.08. The van der Waals surface area contributed by atoms with Crippen LogP contribution in [0.1, 0.15) is 32.6 Å². The first kappa shape index (κ1) is 13.9. The lowest BCUT2D eigenvalue weighted by Crippen LogP contribution is -2.29. The number of ether oxygens (including phenoxy) is 1. The summed E-state index contributed by atoms with van der Waals surface area (Å²) >= 11 is 0. The molecule has 0 amide bonds. The summed E-state index contributed by atoms with van der Waals surface area (Å²) in [6.45, 7) is 2.49. The molecule has 1 saturated carbocycles. The lowest BCUT2D eigenvalue weighted by atomic mass is 10.2. The number of rotatable bonds is 7. The van der Waals surface area contributed by atoms with Crippen LogP contribution in [0.5, 0.6) is 0 Å². The van der Waals surface area contributed by atoms with Gasteiger partial charge < -0.3 is 10.1 Å².